The number of hydrogen-bond acceptors (Lipinski definition) is 3. The summed E-state index contributed by atoms with van der Waals surface area (Å²) >= 11 is 11.6. The van der Waals surface area contributed by atoms with Crippen LogP contribution in [0.15, 0.2) is 18.2 Å². The van der Waals surface area contributed by atoms with Crippen molar-refractivity contribution in [2.24, 2.45) is 5.92 Å². The van der Waals surface area contributed by atoms with E-state index in [1.807, 2.05) is 6.07 Å². The molecule has 1 aromatic rings. The molecule has 1 unspecified atom stereocenters. The highest BCUT2D eigenvalue weighted by atomic mass is 35.5. The van der Waals surface area contributed by atoms with Crippen LogP contribution in [0, 0.1) is 17.2 Å². The van der Waals surface area contributed by atoms with Crippen LogP contribution in [0.25, 0.3) is 0 Å². The van der Waals surface area contributed by atoms with Gasteiger partial charge in [0.15, 0.2) is 0 Å². The number of carbonyl (C=O) groups is 1. The summed E-state index contributed by atoms with van der Waals surface area (Å²) in [6, 6.07) is 6.87. The van der Waals surface area contributed by atoms with Crippen molar-refractivity contribution in [3.8, 4) is 6.07 Å². The van der Waals surface area contributed by atoms with E-state index in [0.717, 1.165) is 5.56 Å². The number of esters is 1. The molecule has 0 fully saturated rings. The van der Waals surface area contributed by atoms with Crippen LogP contribution in [0.4, 0.5) is 0 Å². The van der Waals surface area contributed by atoms with Gasteiger partial charge in [-0.25, -0.2) is 0 Å². The summed E-state index contributed by atoms with van der Waals surface area (Å²) in [6.07, 6.45) is 0.264. The molecule has 0 aliphatic rings. The SMILES string of the molecule is COC(=O)C(C#N)Cc1ccc(Cl)c(Cl)c1. The highest BCUT2D eigenvalue weighted by Gasteiger charge is 2.19. The first-order valence-electron chi connectivity index (χ1n) is 4.50. The van der Waals surface area contributed by atoms with E-state index in [2.05, 4.69) is 4.74 Å². The lowest BCUT2D eigenvalue weighted by molar-refractivity contribution is -0.143. The molecule has 0 aromatic heterocycles. The molecule has 1 aromatic carbocycles. The Bertz CT molecular complexity index is 440. The standard InChI is InChI=1S/C11H9Cl2NO2/c1-16-11(15)8(6-14)4-7-2-3-9(12)10(13)5-7/h2-3,5,8H,4H2,1H3. The lowest BCUT2D eigenvalue weighted by atomic mass is 10.0. The van der Waals surface area contributed by atoms with E-state index in [0.29, 0.717) is 10.0 Å². The van der Waals surface area contributed by atoms with E-state index < -0.39 is 11.9 Å². The van der Waals surface area contributed by atoms with E-state index in [1.165, 1.54) is 7.11 Å². The summed E-state index contributed by atoms with van der Waals surface area (Å²) in [5.41, 5.74) is 0.770. The minimum atomic E-state index is -0.817. The predicted molar refractivity (Wildman–Crippen MR) is 61.3 cm³/mol. The van der Waals surface area contributed by atoms with E-state index in [9.17, 15) is 4.79 Å². The van der Waals surface area contributed by atoms with Crippen molar-refractivity contribution in [3.05, 3.63) is 33.8 Å². The van der Waals surface area contributed by atoms with Gasteiger partial charge in [-0.15, -0.1) is 0 Å². The average Bonchev–Trinajstić information content (AvgIpc) is 2.29. The average molecular weight is 258 g/mol. The molecule has 0 heterocycles. The number of rotatable bonds is 3. The lowest BCUT2D eigenvalue weighted by Gasteiger charge is -2.07. The number of hydrogen-bond donors (Lipinski definition) is 0. The second-order valence-corrected chi connectivity index (χ2v) is 3.97. The Morgan fingerprint density at radius 3 is 2.69 bits per heavy atom. The fourth-order valence-electron chi connectivity index (χ4n) is 1.23. The third kappa shape index (κ3) is 3.13. The van der Waals surface area contributed by atoms with Crippen molar-refractivity contribution in [1.29, 1.82) is 5.26 Å². The van der Waals surface area contributed by atoms with Crippen LogP contribution in [0.1, 0.15) is 5.56 Å². The molecule has 0 amide bonds. The Balaban J connectivity index is 2.83. The summed E-state index contributed by atoms with van der Waals surface area (Å²) in [4.78, 5) is 11.2. The Kier molecular flexibility index (Phi) is 4.60. The van der Waals surface area contributed by atoms with Gasteiger partial charge in [-0.1, -0.05) is 29.3 Å². The van der Waals surface area contributed by atoms with E-state index in [4.69, 9.17) is 28.5 Å². The second-order valence-electron chi connectivity index (χ2n) is 3.16. The number of nitriles is 1. The number of methoxy groups -OCH3 is 1. The lowest BCUT2D eigenvalue weighted by Crippen LogP contribution is -2.16. The van der Waals surface area contributed by atoms with Crippen LogP contribution in [0.3, 0.4) is 0 Å². The van der Waals surface area contributed by atoms with Crippen LogP contribution in [0.5, 0.6) is 0 Å². The minimum Gasteiger partial charge on any atom is -0.468 e. The zero-order valence-electron chi connectivity index (χ0n) is 8.54. The normalized spacial score (nSPS) is 11.6. The summed E-state index contributed by atoms with van der Waals surface area (Å²) in [6.45, 7) is 0. The summed E-state index contributed by atoms with van der Waals surface area (Å²) in [5.74, 6) is -1.36. The van der Waals surface area contributed by atoms with Crippen molar-refractivity contribution >= 4 is 29.2 Å². The number of ether oxygens (including phenoxy) is 1. The second kappa shape index (κ2) is 5.74. The van der Waals surface area contributed by atoms with Gasteiger partial charge in [0, 0.05) is 0 Å². The number of nitrogens with zero attached hydrogens (tertiary/aromatic N) is 1. The monoisotopic (exact) mass is 257 g/mol. The molecular formula is C11H9Cl2NO2. The molecule has 0 aliphatic carbocycles. The van der Waals surface area contributed by atoms with Crippen molar-refractivity contribution < 1.29 is 9.53 Å². The van der Waals surface area contributed by atoms with Gasteiger partial charge in [-0.2, -0.15) is 5.26 Å². The topological polar surface area (TPSA) is 50.1 Å². The highest BCUT2D eigenvalue weighted by molar-refractivity contribution is 6.42. The number of benzene rings is 1. The van der Waals surface area contributed by atoms with Gasteiger partial charge < -0.3 is 4.74 Å². The summed E-state index contributed by atoms with van der Waals surface area (Å²) < 4.78 is 4.51. The van der Waals surface area contributed by atoms with E-state index in [-0.39, 0.29) is 6.42 Å². The van der Waals surface area contributed by atoms with Gasteiger partial charge in [0.25, 0.3) is 0 Å². The van der Waals surface area contributed by atoms with E-state index in [1.54, 1.807) is 18.2 Å². The third-order valence-corrected chi connectivity index (χ3v) is 2.80. The minimum absolute atomic E-state index is 0.264. The predicted octanol–water partition coefficient (Wildman–Crippen LogP) is 2.85. The molecule has 16 heavy (non-hydrogen) atoms. The van der Waals surface area contributed by atoms with Gasteiger partial charge >= 0.3 is 5.97 Å². The van der Waals surface area contributed by atoms with Crippen LogP contribution in [-0.2, 0) is 16.0 Å². The molecule has 0 radical (unpaired) electrons. The summed E-state index contributed by atoms with van der Waals surface area (Å²) in [5, 5.41) is 9.65. The molecule has 5 heteroatoms. The molecule has 1 rings (SSSR count). The zero-order valence-corrected chi connectivity index (χ0v) is 10.0. The summed E-state index contributed by atoms with van der Waals surface area (Å²) in [7, 11) is 1.25. The fraction of sp³-hybridized carbons (Fsp3) is 0.273. The first-order valence-corrected chi connectivity index (χ1v) is 5.25. The van der Waals surface area contributed by atoms with Gasteiger partial charge in [-0.3, -0.25) is 4.79 Å². The van der Waals surface area contributed by atoms with Crippen LogP contribution >= 0.6 is 23.2 Å². The highest BCUT2D eigenvalue weighted by Crippen LogP contribution is 2.23. The Morgan fingerprint density at radius 1 is 1.50 bits per heavy atom. The maximum atomic E-state index is 11.2. The Hall–Kier alpha value is -1.24. The van der Waals surface area contributed by atoms with Gasteiger partial charge in [-0.05, 0) is 24.1 Å². The molecule has 0 saturated heterocycles. The molecule has 3 nitrogen and oxygen atoms in total. The van der Waals surface area contributed by atoms with Crippen molar-refractivity contribution in [2.45, 2.75) is 6.42 Å². The number of carbonyl (C=O) groups excluding carboxylic acids is 1. The molecule has 0 bridgehead atoms. The van der Waals surface area contributed by atoms with Crippen molar-refractivity contribution in [3.63, 3.8) is 0 Å². The van der Waals surface area contributed by atoms with Crippen LogP contribution in [-0.4, -0.2) is 13.1 Å². The fourth-order valence-corrected chi connectivity index (χ4v) is 1.55. The Labute approximate surface area is 104 Å². The largest absolute Gasteiger partial charge is 0.468 e. The molecule has 0 spiro atoms. The first-order chi connectivity index (χ1) is 7.58. The quantitative estimate of drug-likeness (QED) is 0.783. The van der Waals surface area contributed by atoms with Crippen LogP contribution < -0.4 is 0 Å². The molecule has 84 valence electrons. The van der Waals surface area contributed by atoms with E-state index >= 15 is 0 Å². The maximum Gasteiger partial charge on any atom is 0.323 e. The van der Waals surface area contributed by atoms with Gasteiger partial charge in [0.1, 0.15) is 5.92 Å². The van der Waals surface area contributed by atoms with Crippen molar-refractivity contribution in [2.75, 3.05) is 7.11 Å². The van der Waals surface area contributed by atoms with Crippen molar-refractivity contribution in [1.82, 2.24) is 0 Å². The van der Waals surface area contributed by atoms with Gasteiger partial charge in [0.2, 0.25) is 0 Å². The van der Waals surface area contributed by atoms with Gasteiger partial charge in [0.05, 0.1) is 23.2 Å². The molecule has 0 saturated carbocycles. The van der Waals surface area contributed by atoms with Crippen LogP contribution in [0.2, 0.25) is 10.0 Å². The Morgan fingerprint density at radius 2 is 2.19 bits per heavy atom. The third-order valence-electron chi connectivity index (χ3n) is 2.07. The first kappa shape index (κ1) is 12.8. The molecule has 1 atom stereocenters. The number of halogens is 2. The zero-order chi connectivity index (χ0) is 12.1. The molecular weight excluding hydrogens is 249 g/mol. The molecule has 0 N–H and O–H groups in total. The smallest absolute Gasteiger partial charge is 0.323 e. The molecule has 0 aliphatic heterocycles. The maximum absolute atomic E-state index is 11.2.